The van der Waals surface area contributed by atoms with E-state index in [-0.39, 0.29) is 6.61 Å². The van der Waals surface area contributed by atoms with Crippen LogP contribution >= 0.6 is 0 Å². The molecule has 1 fully saturated rings. The molecule has 1 aliphatic carbocycles. The molecule has 0 atom stereocenters. The summed E-state index contributed by atoms with van der Waals surface area (Å²) >= 11 is 0. The number of anilines is 2. The lowest BCUT2D eigenvalue weighted by Gasteiger charge is -2.28. The number of nitrogens with one attached hydrogen (secondary N) is 3. The molecule has 1 aromatic heterocycles. The number of aromatic nitrogens is 2. The van der Waals surface area contributed by atoms with E-state index in [2.05, 4.69) is 25.3 Å². The largest absolute Gasteiger partial charge is 0.395 e. The minimum absolute atomic E-state index is 0.0332. The fourth-order valence-corrected chi connectivity index (χ4v) is 5.48. The molecule has 2 aromatic carbocycles. The molecule has 0 spiro atoms. The molecule has 1 saturated carbocycles. The van der Waals surface area contributed by atoms with Crippen LogP contribution in [0.2, 0.25) is 0 Å². The molecular weight excluding hydrogens is 450 g/mol. The molecule has 0 aliphatic heterocycles. The first-order valence-electron chi connectivity index (χ1n) is 11.9. The van der Waals surface area contributed by atoms with E-state index in [1.807, 2.05) is 43.3 Å². The Labute approximate surface area is 201 Å². The quantitative estimate of drug-likeness (QED) is 0.348. The number of fused-ring (bicyclic) bond motifs is 1. The Hall–Kier alpha value is -2.75. The number of para-hydroxylation sites is 1. The summed E-state index contributed by atoms with van der Waals surface area (Å²) in [6.45, 7) is 3.66. The topological polar surface area (TPSA) is 116 Å². The predicted molar refractivity (Wildman–Crippen MR) is 135 cm³/mol. The first-order valence-corrected chi connectivity index (χ1v) is 13.3. The molecule has 182 valence electrons. The number of benzene rings is 2. The summed E-state index contributed by atoms with van der Waals surface area (Å²) in [7, 11) is -3.47. The fraction of sp³-hybridized carbons (Fsp3) is 0.440. The van der Waals surface area contributed by atoms with Crippen molar-refractivity contribution < 1.29 is 13.5 Å². The third-order valence-electron chi connectivity index (χ3n) is 6.42. The van der Waals surface area contributed by atoms with Crippen LogP contribution in [-0.4, -0.2) is 49.7 Å². The van der Waals surface area contributed by atoms with Crippen molar-refractivity contribution in [1.82, 2.24) is 14.7 Å². The molecule has 4 rings (SSSR count). The number of hydrogen-bond donors (Lipinski definition) is 4. The van der Waals surface area contributed by atoms with Crippen LogP contribution in [0.15, 0.2) is 53.4 Å². The summed E-state index contributed by atoms with van der Waals surface area (Å²) in [6.07, 6.45) is 4.05. The van der Waals surface area contributed by atoms with Gasteiger partial charge < -0.3 is 15.7 Å². The van der Waals surface area contributed by atoms with Gasteiger partial charge in [0.2, 0.25) is 16.0 Å². The molecule has 0 bridgehead atoms. The molecule has 8 nitrogen and oxygen atoms in total. The van der Waals surface area contributed by atoms with Crippen LogP contribution in [0.4, 0.5) is 11.8 Å². The van der Waals surface area contributed by atoms with Crippen LogP contribution in [0, 0.1) is 18.8 Å². The average molecular weight is 484 g/mol. The van der Waals surface area contributed by atoms with Gasteiger partial charge in [-0.25, -0.2) is 18.1 Å². The fourth-order valence-electron chi connectivity index (χ4n) is 4.37. The van der Waals surface area contributed by atoms with Gasteiger partial charge in [0.25, 0.3) is 0 Å². The van der Waals surface area contributed by atoms with E-state index in [4.69, 9.17) is 5.11 Å². The monoisotopic (exact) mass is 483 g/mol. The minimum Gasteiger partial charge on any atom is -0.395 e. The van der Waals surface area contributed by atoms with Crippen molar-refractivity contribution in [2.24, 2.45) is 11.8 Å². The Morgan fingerprint density at radius 2 is 1.59 bits per heavy atom. The van der Waals surface area contributed by atoms with Gasteiger partial charge in [0, 0.05) is 25.0 Å². The van der Waals surface area contributed by atoms with Gasteiger partial charge in [-0.3, -0.25) is 0 Å². The SMILES string of the molecule is Cc1ccc(S(=O)(=O)NC[C@H]2CC[C@H](CNc3nc(NCCO)c4ccccc4n3)CC2)cc1. The smallest absolute Gasteiger partial charge is 0.240 e. The summed E-state index contributed by atoms with van der Waals surface area (Å²) in [6, 6.07) is 14.8. The zero-order valence-corrected chi connectivity index (χ0v) is 20.3. The van der Waals surface area contributed by atoms with Gasteiger partial charge in [-0.15, -0.1) is 0 Å². The van der Waals surface area contributed by atoms with Crippen molar-refractivity contribution in [2.45, 2.75) is 37.5 Å². The van der Waals surface area contributed by atoms with E-state index in [1.165, 1.54) is 0 Å². The number of sulfonamides is 1. The Morgan fingerprint density at radius 3 is 2.29 bits per heavy atom. The molecule has 0 unspecified atom stereocenters. The molecular formula is C25H33N5O3S. The van der Waals surface area contributed by atoms with Crippen molar-refractivity contribution in [3.05, 3.63) is 54.1 Å². The van der Waals surface area contributed by atoms with Crippen LogP contribution < -0.4 is 15.4 Å². The van der Waals surface area contributed by atoms with Gasteiger partial charge in [0.1, 0.15) is 5.82 Å². The molecule has 1 aliphatic rings. The highest BCUT2D eigenvalue weighted by molar-refractivity contribution is 7.89. The van der Waals surface area contributed by atoms with E-state index in [9.17, 15) is 8.42 Å². The van der Waals surface area contributed by atoms with Gasteiger partial charge in [0.05, 0.1) is 17.0 Å². The van der Waals surface area contributed by atoms with Gasteiger partial charge in [-0.1, -0.05) is 29.8 Å². The minimum atomic E-state index is -3.47. The number of aryl methyl sites for hydroxylation is 1. The third-order valence-corrected chi connectivity index (χ3v) is 7.86. The standard InChI is InChI=1S/C25H33N5O3S/c1-18-6-12-21(13-7-18)34(32,33)28-17-20-10-8-19(9-11-20)16-27-25-29-23-5-3-2-4-22(23)24(30-25)26-14-15-31/h2-7,12-13,19-20,28,31H,8-11,14-17H2,1H3,(H2,26,27,29,30)/t19-,20-. The van der Waals surface area contributed by atoms with Gasteiger partial charge >= 0.3 is 0 Å². The molecule has 0 saturated heterocycles. The van der Waals surface area contributed by atoms with Crippen LogP contribution in [0.1, 0.15) is 31.2 Å². The van der Waals surface area contributed by atoms with Crippen molar-refractivity contribution in [2.75, 3.05) is 36.9 Å². The molecule has 1 heterocycles. The molecule has 0 amide bonds. The van der Waals surface area contributed by atoms with Crippen LogP contribution in [-0.2, 0) is 10.0 Å². The van der Waals surface area contributed by atoms with Gasteiger partial charge in [-0.05, 0) is 68.7 Å². The number of rotatable bonds is 10. The number of aliphatic hydroxyl groups excluding tert-OH is 1. The summed E-state index contributed by atoms with van der Waals surface area (Å²) in [5.74, 6) is 2.13. The molecule has 3 aromatic rings. The maximum absolute atomic E-state index is 12.5. The summed E-state index contributed by atoms with van der Waals surface area (Å²) < 4.78 is 27.9. The average Bonchev–Trinajstić information content (AvgIpc) is 2.85. The Bertz CT molecular complexity index is 1190. The van der Waals surface area contributed by atoms with E-state index in [1.54, 1.807) is 12.1 Å². The zero-order chi connectivity index (χ0) is 24.0. The normalized spacial score (nSPS) is 18.6. The second-order valence-electron chi connectivity index (χ2n) is 9.00. The Morgan fingerprint density at radius 1 is 0.912 bits per heavy atom. The predicted octanol–water partition coefficient (Wildman–Crippen LogP) is 3.54. The highest BCUT2D eigenvalue weighted by atomic mass is 32.2. The second kappa shape index (κ2) is 11.1. The number of hydrogen-bond acceptors (Lipinski definition) is 7. The van der Waals surface area contributed by atoms with Crippen molar-refractivity contribution in [3.63, 3.8) is 0 Å². The second-order valence-corrected chi connectivity index (χ2v) is 10.8. The molecule has 34 heavy (non-hydrogen) atoms. The first kappa shape index (κ1) is 24.4. The zero-order valence-electron chi connectivity index (χ0n) is 19.5. The van der Waals surface area contributed by atoms with E-state index < -0.39 is 10.0 Å². The Balaban J connectivity index is 1.27. The van der Waals surface area contributed by atoms with Crippen LogP contribution in [0.25, 0.3) is 10.9 Å². The van der Waals surface area contributed by atoms with Crippen molar-refractivity contribution >= 4 is 32.7 Å². The van der Waals surface area contributed by atoms with E-state index >= 15 is 0 Å². The first-order chi connectivity index (χ1) is 16.4. The molecule has 9 heteroatoms. The maximum Gasteiger partial charge on any atom is 0.240 e. The number of nitrogens with zero attached hydrogens (tertiary/aromatic N) is 2. The van der Waals surface area contributed by atoms with E-state index in [0.717, 1.165) is 48.7 Å². The number of aliphatic hydroxyl groups is 1. The van der Waals surface area contributed by atoms with Gasteiger partial charge in [-0.2, -0.15) is 4.98 Å². The molecule has 4 N–H and O–H groups in total. The lowest BCUT2D eigenvalue weighted by Crippen LogP contribution is -2.32. The lowest BCUT2D eigenvalue weighted by molar-refractivity contribution is 0.284. The Kier molecular flexibility index (Phi) is 7.97. The highest BCUT2D eigenvalue weighted by Crippen LogP contribution is 2.29. The molecule has 0 radical (unpaired) electrons. The lowest BCUT2D eigenvalue weighted by atomic mass is 9.82. The van der Waals surface area contributed by atoms with E-state index in [0.29, 0.717) is 41.6 Å². The van der Waals surface area contributed by atoms with Crippen LogP contribution in [0.3, 0.4) is 0 Å². The maximum atomic E-state index is 12.5. The third kappa shape index (κ3) is 6.22. The van der Waals surface area contributed by atoms with Gasteiger partial charge in [0.15, 0.2) is 0 Å². The van der Waals surface area contributed by atoms with Crippen LogP contribution in [0.5, 0.6) is 0 Å². The van der Waals surface area contributed by atoms with Crippen molar-refractivity contribution in [1.29, 1.82) is 0 Å². The summed E-state index contributed by atoms with van der Waals surface area (Å²) in [5, 5.41) is 16.6. The summed E-state index contributed by atoms with van der Waals surface area (Å²) in [5.41, 5.74) is 1.89. The highest BCUT2D eigenvalue weighted by Gasteiger charge is 2.23. The summed E-state index contributed by atoms with van der Waals surface area (Å²) in [4.78, 5) is 9.56. The van der Waals surface area contributed by atoms with Crippen molar-refractivity contribution in [3.8, 4) is 0 Å².